The number of aromatic nitrogens is 2. The Morgan fingerprint density at radius 3 is 2.88 bits per heavy atom. The molecular formula is C17H20N4O4. The third-order valence-corrected chi connectivity index (χ3v) is 4.02. The van der Waals surface area contributed by atoms with Crippen molar-refractivity contribution in [2.75, 3.05) is 13.2 Å². The zero-order valence-corrected chi connectivity index (χ0v) is 13.7. The number of aryl methyl sites for hydroxylation is 1. The molecule has 25 heavy (non-hydrogen) atoms. The van der Waals surface area contributed by atoms with E-state index in [1.165, 1.54) is 4.90 Å². The van der Waals surface area contributed by atoms with E-state index in [2.05, 4.69) is 10.3 Å². The first kappa shape index (κ1) is 16.8. The molecule has 0 radical (unpaired) electrons. The van der Waals surface area contributed by atoms with Crippen LogP contribution >= 0.6 is 0 Å². The normalized spacial score (nSPS) is 16.7. The van der Waals surface area contributed by atoms with Gasteiger partial charge in [0, 0.05) is 25.5 Å². The number of benzene rings is 1. The van der Waals surface area contributed by atoms with E-state index in [0.717, 1.165) is 18.5 Å². The molecule has 2 amide bonds. The molecule has 0 spiro atoms. The number of hydrogen-bond acceptors (Lipinski definition) is 5. The SMILES string of the molecule is O=C(NCCCn1ccnc1)[C@@H]1COC(=O)N1Cc1ccc(O)cc1. The quantitative estimate of drug-likeness (QED) is 0.734. The van der Waals surface area contributed by atoms with Gasteiger partial charge in [-0.05, 0) is 24.1 Å². The molecule has 1 aliphatic rings. The molecule has 1 atom stereocenters. The van der Waals surface area contributed by atoms with Crippen molar-refractivity contribution in [1.82, 2.24) is 19.8 Å². The number of carbonyl (C=O) groups is 2. The number of nitrogens with one attached hydrogen (secondary N) is 1. The van der Waals surface area contributed by atoms with Gasteiger partial charge >= 0.3 is 6.09 Å². The summed E-state index contributed by atoms with van der Waals surface area (Å²) in [4.78, 5) is 29.6. The fourth-order valence-corrected chi connectivity index (χ4v) is 2.65. The summed E-state index contributed by atoms with van der Waals surface area (Å²) >= 11 is 0. The Morgan fingerprint density at radius 2 is 2.16 bits per heavy atom. The van der Waals surface area contributed by atoms with Crippen molar-refractivity contribution in [3.63, 3.8) is 0 Å². The number of aromatic hydroxyl groups is 1. The van der Waals surface area contributed by atoms with Crippen LogP contribution in [-0.2, 0) is 22.6 Å². The molecule has 0 unspecified atom stereocenters. The Balaban J connectivity index is 1.51. The van der Waals surface area contributed by atoms with Crippen molar-refractivity contribution in [3.05, 3.63) is 48.5 Å². The maximum atomic E-state index is 12.4. The van der Waals surface area contributed by atoms with Crippen LogP contribution in [0.1, 0.15) is 12.0 Å². The van der Waals surface area contributed by atoms with Crippen LogP contribution in [-0.4, -0.2) is 50.8 Å². The van der Waals surface area contributed by atoms with Gasteiger partial charge in [0.1, 0.15) is 18.4 Å². The smallest absolute Gasteiger partial charge is 0.410 e. The van der Waals surface area contributed by atoms with Gasteiger partial charge in [0.05, 0.1) is 12.9 Å². The molecule has 3 rings (SSSR count). The Labute approximate surface area is 145 Å². The van der Waals surface area contributed by atoms with Crippen molar-refractivity contribution in [2.45, 2.75) is 25.6 Å². The molecule has 2 aromatic rings. The molecule has 2 N–H and O–H groups in total. The second kappa shape index (κ2) is 7.69. The minimum Gasteiger partial charge on any atom is -0.508 e. The van der Waals surface area contributed by atoms with Gasteiger partial charge < -0.3 is 19.7 Å². The lowest BCUT2D eigenvalue weighted by atomic mass is 10.1. The van der Waals surface area contributed by atoms with Crippen LogP contribution < -0.4 is 5.32 Å². The molecule has 0 aliphatic carbocycles. The van der Waals surface area contributed by atoms with E-state index in [9.17, 15) is 14.7 Å². The topological polar surface area (TPSA) is 96.7 Å². The third-order valence-electron chi connectivity index (χ3n) is 4.02. The first-order valence-electron chi connectivity index (χ1n) is 8.08. The number of carbonyl (C=O) groups excluding carboxylic acids is 2. The van der Waals surface area contributed by atoms with Gasteiger partial charge in [0.2, 0.25) is 5.91 Å². The molecular weight excluding hydrogens is 324 g/mol. The van der Waals surface area contributed by atoms with E-state index in [0.29, 0.717) is 6.54 Å². The first-order chi connectivity index (χ1) is 12.1. The Kier molecular flexibility index (Phi) is 5.17. The second-order valence-electron chi connectivity index (χ2n) is 5.83. The van der Waals surface area contributed by atoms with Gasteiger partial charge in [0.15, 0.2) is 0 Å². The van der Waals surface area contributed by atoms with Gasteiger partial charge in [-0.15, -0.1) is 0 Å². The molecule has 1 fully saturated rings. The highest BCUT2D eigenvalue weighted by Crippen LogP contribution is 2.18. The van der Waals surface area contributed by atoms with Crippen molar-refractivity contribution < 1.29 is 19.4 Å². The highest BCUT2D eigenvalue weighted by molar-refractivity contribution is 5.87. The van der Waals surface area contributed by atoms with Gasteiger partial charge in [-0.3, -0.25) is 9.69 Å². The van der Waals surface area contributed by atoms with Crippen LogP contribution in [0.2, 0.25) is 0 Å². The fraction of sp³-hybridized carbons (Fsp3) is 0.353. The molecule has 132 valence electrons. The average Bonchev–Trinajstić information content (AvgIpc) is 3.24. The van der Waals surface area contributed by atoms with Crippen LogP contribution in [0, 0.1) is 0 Å². The van der Waals surface area contributed by atoms with E-state index < -0.39 is 12.1 Å². The average molecular weight is 344 g/mol. The largest absolute Gasteiger partial charge is 0.508 e. The van der Waals surface area contributed by atoms with Crippen LogP contribution in [0.15, 0.2) is 43.0 Å². The Morgan fingerprint density at radius 1 is 1.36 bits per heavy atom. The minimum absolute atomic E-state index is 0.0459. The number of hydrogen-bond donors (Lipinski definition) is 2. The standard InChI is InChI=1S/C17H20N4O4/c22-14-4-2-13(3-5-14)10-21-15(11-25-17(21)24)16(23)19-6-1-8-20-9-7-18-12-20/h2-5,7,9,12,15,22H,1,6,8,10-11H2,(H,19,23)/t15-/m0/s1. The van der Waals surface area contributed by atoms with E-state index in [-0.39, 0.29) is 24.8 Å². The lowest BCUT2D eigenvalue weighted by molar-refractivity contribution is -0.125. The summed E-state index contributed by atoms with van der Waals surface area (Å²) < 4.78 is 6.96. The molecule has 1 aliphatic heterocycles. The van der Waals surface area contributed by atoms with E-state index in [1.54, 1.807) is 36.8 Å². The Hall–Kier alpha value is -3.03. The fourth-order valence-electron chi connectivity index (χ4n) is 2.65. The predicted octanol–water partition coefficient (Wildman–Crippen LogP) is 1.12. The van der Waals surface area contributed by atoms with Crippen molar-refractivity contribution in [3.8, 4) is 5.75 Å². The molecule has 1 aromatic heterocycles. The van der Waals surface area contributed by atoms with Gasteiger partial charge in [-0.25, -0.2) is 9.78 Å². The maximum absolute atomic E-state index is 12.4. The first-order valence-corrected chi connectivity index (χ1v) is 8.08. The summed E-state index contributed by atoms with van der Waals surface area (Å²) in [5, 5.41) is 12.2. The lowest BCUT2D eigenvalue weighted by Gasteiger charge is -2.21. The van der Waals surface area contributed by atoms with E-state index in [1.807, 2.05) is 10.8 Å². The predicted molar refractivity (Wildman–Crippen MR) is 88.6 cm³/mol. The minimum atomic E-state index is -0.644. The van der Waals surface area contributed by atoms with E-state index >= 15 is 0 Å². The number of phenolic OH excluding ortho intramolecular Hbond substituents is 1. The number of rotatable bonds is 7. The second-order valence-corrected chi connectivity index (χ2v) is 5.83. The van der Waals surface area contributed by atoms with E-state index in [4.69, 9.17) is 4.74 Å². The van der Waals surface area contributed by atoms with Gasteiger partial charge in [-0.2, -0.15) is 0 Å². The Bertz CT molecular complexity index is 715. The summed E-state index contributed by atoms with van der Waals surface area (Å²) in [6, 6.07) is 5.86. The van der Waals surface area contributed by atoms with Crippen LogP contribution in [0.3, 0.4) is 0 Å². The zero-order valence-electron chi connectivity index (χ0n) is 13.7. The highest BCUT2D eigenvalue weighted by Gasteiger charge is 2.37. The molecule has 1 saturated heterocycles. The summed E-state index contributed by atoms with van der Waals surface area (Å²) in [5.74, 6) is -0.0739. The number of nitrogens with zero attached hydrogens (tertiary/aromatic N) is 3. The summed E-state index contributed by atoms with van der Waals surface area (Å²) in [5.41, 5.74) is 0.814. The molecule has 2 heterocycles. The summed E-state index contributed by atoms with van der Waals surface area (Å²) in [6.07, 6.45) is 5.56. The van der Waals surface area contributed by atoms with Gasteiger partial charge in [0.25, 0.3) is 0 Å². The van der Waals surface area contributed by atoms with Crippen LogP contribution in [0.4, 0.5) is 4.79 Å². The van der Waals surface area contributed by atoms with Crippen molar-refractivity contribution in [1.29, 1.82) is 0 Å². The zero-order chi connectivity index (χ0) is 17.6. The number of phenols is 1. The van der Waals surface area contributed by atoms with Crippen molar-refractivity contribution >= 4 is 12.0 Å². The van der Waals surface area contributed by atoms with Crippen LogP contribution in [0.25, 0.3) is 0 Å². The lowest BCUT2D eigenvalue weighted by Crippen LogP contribution is -2.45. The number of cyclic esters (lactones) is 1. The summed E-state index contributed by atoms with van der Waals surface area (Å²) in [6.45, 7) is 1.57. The summed E-state index contributed by atoms with van der Waals surface area (Å²) in [7, 11) is 0. The molecule has 8 nitrogen and oxygen atoms in total. The monoisotopic (exact) mass is 344 g/mol. The maximum Gasteiger partial charge on any atom is 0.410 e. The number of amides is 2. The number of ether oxygens (including phenoxy) is 1. The third kappa shape index (κ3) is 4.28. The molecule has 0 saturated carbocycles. The van der Waals surface area contributed by atoms with Crippen molar-refractivity contribution in [2.24, 2.45) is 0 Å². The molecule has 8 heteroatoms. The number of imidazole rings is 1. The molecule has 1 aromatic carbocycles. The van der Waals surface area contributed by atoms with Crippen LogP contribution in [0.5, 0.6) is 5.75 Å². The highest BCUT2D eigenvalue weighted by atomic mass is 16.6. The molecule has 0 bridgehead atoms. The van der Waals surface area contributed by atoms with Gasteiger partial charge in [-0.1, -0.05) is 12.1 Å².